The number of carbonyl (C=O) groups is 1. The van der Waals surface area contributed by atoms with E-state index in [9.17, 15) is 18.3 Å². The van der Waals surface area contributed by atoms with Crippen LogP contribution in [0.3, 0.4) is 0 Å². The van der Waals surface area contributed by atoms with Crippen LogP contribution in [-0.4, -0.2) is 25.7 Å². The van der Waals surface area contributed by atoms with Crippen molar-refractivity contribution in [1.82, 2.24) is 0 Å². The van der Waals surface area contributed by atoms with Gasteiger partial charge in [-0.25, -0.2) is 13.2 Å². The average Bonchev–Trinajstić information content (AvgIpc) is 2.45. The molecule has 2 aromatic rings. The Kier molecular flexibility index (Phi) is 4.51. The SMILES string of the molecule is Cc1ccccc1CN(c1ccccc1C(=O)O)S(C)(=O)=O. The van der Waals surface area contributed by atoms with E-state index < -0.39 is 16.0 Å². The number of hydrogen-bond acceptors (Lipinski definition) is 3. The predicted octanol–water partition coefficient (Wildman–Crippen LogP) is 2.66. The maximum absolute atomic E-state index is 12.2. The molecule has 0 bridgehead atoms. The fourth-order valence-electron chi connectivity index (χ4n) is 2.20. The summed E-state index contributed by atoms with van der Waals surface area (Å²) in [6, 6.07) is 13.5. The lowest BCUT2D eigenvalue weighted by Gasteiger charge is -2.24. The van der Waals surface area contributed by atoms with Crippen molar-refractivity contribution in [3.63, 3.8) is 0 Å². The van der Waals surface area contributed by atoms with Crippen molar-refractivity contribution in [1.29, 1.82) is 0 Å². The van der Waals surface area contributed by atoms with E-state index in [0.29, 0.717) is 0 Å². The number of carboxylic acids is 1. The topological polar surface area (TPSA) is 74.7 Å². The van der Waals surface area contributed by atoms with Crippen LogP contribution in [0, 0.1) is 6.92 Å². The summed E-state index contributed by atoms with van der Waals surface area (Å²) in [5.74, 6) is -1.16. The molecule has 0 heterocycles. The summed E-state index contributed by atoms with van der Waals surface area (Å²) in [6.45, 7) is 1.98. The summed E-state index contributed by atoms with van der Waals surface area (Å²) >= 11 is 0. The number of aromatic carboxylic acids is 1. The molecular weight excluding hydrogens is 302 g/mol. The molecule has 0 radical (unpaired) electrons. The number of nitrogens with zero attached hydrogens (tertiary/aromatic N) is 1. The van der Waals surface area contributed by atoms with Crippen LogP contribution in [0.25, 0.3) is 0 Å². The molecule has 0 atom stereocenters. The lowest BCUT2D eigenvalue weighted by Crippen LogP contribution is -2.31. The highest BCUT2D eigenvalue weighted by atomic mass is 32.2. The zero-order chi connectivity index (χ0) is 16.3. The first-order valence-electron chi connectivity index (χ1n) is 6.65. The Morgan fingerprint density at radius 3 is 2.27 bits per heavy atom. The summed E-state index contributed by atoms with van der Waals surface area (Å²) < 4.78 is 25.4. The molecule has 1 N–H and O–H groups in total. The molecule has 0 aliphatic carbocycles. The van der Waals surface area contributed by atoms with Crippen LogP contribution in [0.4, 0.5) is 5.69 Å². The first kappa shape index (κ1) is 16.0. The largest absolute Gasteiger partial charge is 0.478 e. The van der Waals surface area contributed by atoms with Gasteiger partial charge in [0.2, 0.25) is 10.0 Å². The molecule has 2 rings (SSSR count). The third-order valence-electron chi connectivity index (χ3n) is 3.38. The number of carboxylic acid groups (broad SMARTS) is 1. The van der Waals surface area contributed by atoms with Crippen LogP contribution in [0.5, 0.6) is 0 Å². The first-order valence-corrected chi connectivity index (χ1v) is 8.50. The second kappa shape index (κ2) is 6.19. The van der Waals surface area contributed by atoms with Crippen molar-refractivity contribution >= 4 is 21.7 Å². The fraction of sp³-hybridized carbons (Fsp3) is 0.188. The molecular formula is C16H17NO4S. The molecule has 0 saturated heterocycles. The van der Waals surface area contributed by atoms with Crippen molar-refractivity contribution in [2.45, 2.75) is 13.5 Å². The molecule has 0 aliphatic rings. The maximum Gasteiger partial charge on any atom is 0.337 e. The number of aryl methyl sites for hydroxylation is 1. The lowest BCUT2D eigenvalue weighted by atomic mass is 10.1. The minimum absolute atomic E-state index is 0.0403. The number of para-hydroxylation sites is 1. The molecule has 0 amide bonds. The van der Waals surface area contributed by atoms with Gasteiger partial charge in [0.15, 0.2) is 0 Å². The monoisotopic (exact) mass is 319 g/mol. The minimum atomic E-state index is -3.62. The van der Waals surface area contributed by atoms with Gasteiger partial charge in [0, 0.05) is 0 Å². The van der Waals surface area contributed by atoms with E-state index in [0.717, 1.165) is 21.7 Å². The van der Waals surface area contributed by atoms with Gasteiger partial charge < -0.3 is 5.11 Å². The van der Waals surface area contributed by atoms with Crippen LogP contribution >= 0.6 is 0 Å². The van der Waals surface area contributed by atoms with Crippen molar-refractivity contribution in [2.75, 3.05) is 10.6 Å². The molecule has 0 fully saturated rings. The Labute approximate surface area is 129 Å². The van der Waals surface area contributed by atoms with Crippen LogP contribution in [-0.2, 0) is 16.6 Å². The van der Waals surface area contributed by atoms with Gasteiger partial charge in [-0.05, 0) is 30.2 Å². The smallest absolute Gasteiger partial charge is 0.337 e. The first-order chi connectivity index (χ1) is 10.3. The Hall–Kier alpha value is -2.34. The van der Waals surface area contributed by atoms with Gasteiger partial charge >= 0.3 is 5.97 Å². The molecule has 0 spiro atoms. The van der Waals surface area contributed by atoms with E-state index in [-0.39, 0.29) is 17.8 Å². The van der Waals surface area contributed by atoms with E-state index in [1.807, 2.05) is 31.2 Å². The normalized spacial score (nSPS) is 11.2. The quantitative estimate of drug-likeness (QED) is 0.919. The Balaban J connectivity index is 2.54. The van der Waals surface area contributed by atoms with E-state index in [1.165, 1.54) is 12.1 Å². The second-order valence-electron chi connectivity index (χ2n) is 5.02. The molecule has 116 valence electrons. The zero-order valence-corrected chi connectivity index (χ0v) is 13.2. The average molecular weight is 319 g/mol. The van der Waals surface area contributed by atoms with Crippen LogP contribution in [0.1, 0.15) is 21.5 Å². The Morgan fingerprint density at radius 1 is 1.09 bits per heavy atom. The highest BCUT2D eigenvalue weighted by molar-refractivity contribution is 7.92. The van der Waals surface area contributed by atoms with Crippen molar-refractivity contribution in [3.05, 3.63) is 65.2 Å². The number of sulfonamides is 1. The van der Waals surface area contributed by atoms with E-state index in [2.05, 4.69) is 0 Å². The van der Waals surface area contributed by atoms with Crippen LogP contribution < -0.4 is 4.31 Å². The van der Waals surface area contributed by atoms with Gasteiger partial charge in [-0.15, -0.1) is 0 Å². The molecule has 2 aromatic carbocycles. The van der Waals surface area contributed by atoms with E-state index in [1.54, 1.807) is 12.1 Å². The van der Waals surface area contributed by atoms with Gasteiger partial charge in [0.25, 0.3) is 0 Å². The third kappa shape index (κ3) is 3.46. The summed E-state index contributed by atoms with van der Waals surface area (Å²) in [7, 11) is -3.62. The number of benzene rings is 2. The highest BCUT2D eigenvalue weighted by Crippen LogP contribution is 2.25. The number of anilines is 1. The standard InChI is InChI=1S/C16H17NO4S/c1-12-7-3-4-8-13(12)11-17(22(2,20)21)15-10-6-5-9-14(15)16(18)19/h3-10H,11H2,1-2H3,(H,18,19). The molecule has 22 heavy (non-hydrogen) atoms. The lowest BCUT2D eigenvalue weighted by molar-refractivity contribution is 0.0697. The zero-order valence-electron chi connectivity index (χ0n) is 12.4. The summed E-state index contributed by atoms with van der Waals surface area (Å²) in [6.07, 6.45) is 1.07. The summed E-state index contributed by atoms with van der Waals surface area (Å²) in [5.41, 5.74) is 1.90. The van der Waals surface area contributed by atoms with E-state index >= 15 is 0 Å². The third-order valence-corrected chi connectivity index (χ3v) is 4.51. The van der Waals surface area contributed by atoms with E-state index in [4.69, 9.17) is 0 Å². The second-order valence-corrected chi connectivity index (χ2v) is 6.93. The molecule has 0 saturated carbocycles. The van der Waals surface area contributed by atoms with Crippen molar-refractivity contribution < 1.29 is 18.3 Å². The van der Waals surface area contributed by atoms with Crippen molar-refractivity contribution in [3.8, 4) is 0 Å². The molecule has 0 aromatic heterocycles. The predicted molar refractivity (Wildman–Crippen MR) is 85.6 cm³/mol. The summed E-state index contributed by atoms with van der Waals surface area (Å²) in [4.78, 5) is 11.4. The fourth-order valence-corrected chi connectivity index (χ4v) is 3.09. The molecule has 6 heteroatoms. The maximum atomic E-state index is 12.2. The van der Waals surface area contributed by atoms with Crippen LogP contribution in [0.15, 0.2) is 48.5 Å². The summed E-state index contributed by atoms with van der Waals surface area (Å²) in [5, 5.41) is 9.28. The molecule has 0 aliphatic heterocycles. The van der Waals surface area contributed by atoms with Crippen molar-refractivity contribution in [2.24, 2.45) is 0 Å². The van der Waals surface area contributed by atoms with Gasteiger partial charge in [0.05, 0.1) is 24.1 Å². The Morgan fingerprint density at radius 2 is 1.68 bits per heavy atom. The highest BCUT2D eigenvalue weighted by Gasteiger charge is 2.23. The molecule has 5 nitrogen and oxygen atoms in total. The minimum Gasteiger partial charge on any atom is -0.478 e. The number of hydrogen-bond donors (Lipinski definition) is 1. The van der Waals surface area contributed by atoms with Gasteiger partial charge in [-0.3, -0.25) is 4.31 Å². The Bertz CT molecular complexity index is 799. The van der Waals surface area contributed by atoms with Crippen LogP contribution in [0.2, 0.25) is 0 Å². The van der Waals surface area contributed by atoms with Gasteiger partial charge in [-0.2, -0.15) is 0 Å². The van der Waals surface area contributed by atoms with Gasteiger partial charge in [0.1, 0.15) is 0 Å². The van der Waals surface area contributed by atoms with Gasteiger partial charge in [-0.1, -0.05) is 36.4 Å². The number of rotatable bonds is 5. The molecule has 0 unspecified atom stereocenters.